The van der Waals surface area contributed by atoms with Gasteiger partial charge in [-0.15, -0.1) is 0 Å². The van der Waals surface area contributed by atoms with Crippen LogP contribution in [-0.4, -0.2) is 56.7 Å². The number of carbonyl (C=O) groups excluding carboxylic acids is 1. The molecule has 1 N–H and O–H groups in total. The SMILES string of the molecule is CN1CCOc2cc(COc3cccc(CNC(=O)C4CCCN4S(=O)[O-])c3)cnc21. The maximum absolute atomic E-state index is 12.4. The number of aromatic nitrogens is 1. The number of nitrogens with one attached hydrogen (secondary N) is 1. The fourth-order valence-electron chi connectivity index (χ4n) is 3.75. The Bertz CT molecular complexity index is 973. The van der Waals surface area contributed by atoms with Gasteiger partial charge in [0.1, 0.15) is 25.0 Å². The lowest BCUT2D eigenvalue weighted by Gasteiger charge is -2.26. The molecule has 2 atom stereocenters. The molecule has 0 bridgehead atoms. The molecule has 0 spiro atoms. The van der Waals surface area contributed by atoms with Crippen LogP contribution in [0.1, 0.15) is 24.0 Å². The molecular weight excluding hydrogens is 420 g/mol. The summed E-state index contributed by atoms with van der Waals surface area (Å²) in [6.45, 7) is 2.47. The number of rotatable bonds is 7. The number of pyridine rings is 1. The monoisotopic (exact) mass is 445 g/mol. The van der Waals surface area contributed by atoms with Gasteiger partial charge in [-0.2, -0.15) is 0 Å². The minimum absolute atomic E-state index is 0.280. The number of likely N-dealkylation sites (N-methyl/N-ethyl adjacent to an activating group) is 1. The fourth-order valence-corrected chi connectivity index (χ4v) is 4.43. The van der Waals surface area contributed by atoms with Crippen LogP contribution in [-0.2, 0) is 29.2 Å². The van der Waals surface area contributed by atoms with E-state index in [0.29, 0.717) is 44.9 Å². The summed E-state index contributed by atoms with van der Waals surface area (Å²) in [5, 5.41) is 2.82. The van der Waals surface area contributed by atoms with Crippen molar-refractivity contribution in [3.05, 3.63) is 47.7 Å². The second kappa shape index (κ2) is 9.63. The molecular formula is C21H25N4O5S-. The minimum Gasteiger partial charge on any atom is -0.760 e. The second-order valence-corrected chi connectivity index (χ2v) is 8.51. The number of hydrogen-bond acceptors (Lipinski definition) is 7. The lowest BCUT2D eigenvalue weighted by atomic mass is 10.2. The Morgan fingerprint density at radius 2 is 2.23 bits per heavy atom. The second-order valence-electron chi connectivity index (χ2n) is 7.61. The van der Waals surface area contributed by atoms with Gasteiger partial charge in [-0.25, -0.2) is 9.29 Å². The standard InChI is InChI=1S/C21H26N4O5S/c1-24-8-9-29-19-11-16(13-22-20(19)24)14-30-17-5-2-4-15(10-17)12-23-21(26)18-6-3-7-25(18)31(27)28/h2,4-5,10-11,13,18H,3,6-9,12,14H2,1H3,(H,23,26)(H,27,28)/p-1. The molecule has 9 nitrogen and oxygen atoms in total. The molecule has 2 unspecified atom stereocenters. The molecule has 4 rings (SSSR count). The van der Waals surface area contributed by atoms with Crippen molar-refractivity contribution in [1.82, 2.24) is 14.6 Å². The van der Waals surface area contributed by atoms with Crippen molar-refractivity contribution in [2.45, 2.75) is 32.0 Å². The Kier molecular flexibility index (Phi) is 6.69. The zero-order valence-corrected chi connectivity index (χ0v) is 18.1. The van der Waals surface area contributed by atoms with E-state index in [4.69, 9.17) is 9.47 Å². The normalized spacial score (nSPS) is 19.4. The Labute approximate surface area is 183 Å². The average molecular weight is 446 g/mol. The van der Waals surface area contributed by atoms with E-state index >= 15 is 0 Å². The van der Waals surface area contributed by atoms with Crippen LogP contribution in [0.4, 0.5) is 5.82 Å². The number of amides is 1. The van der Waals surface area contributed by atoms with E-state index < -0.39 is 17.3 Å². The van der Waals surface area contributed by atoms with Crippen LogP contribution >= 0.6 is 0 Å². The van der Waals surface area contributed by atoms with E-state index in [2.05, 4.69) is 15.2 Å². The molecule has 0 radical (unpaired) electrons. The van der Waals surface area contributed by atoms with Crippen molar-refractivity contribution in [1.29, 1.82) is 0 Å². The van der Waals surface area contributed by atoms with Gasteiger partial charge in [0.05, 0.1) is 6.54 Å². The van der Waals surface area contributed by atoms with E-state index in [1.807, 2.05) is 37.4 Å². The van der Waals surface area contributed by atoms with Gasteiger partial charge in [-0.05, 0) is 36.6 Å². The quantitative estimate of drug-likeness (QED) is 0.642. The Balaban J connectivity index is 1.32. The van der Waals surface area contributed by atoms with Crippen molar-refractivity contribution >= 4 is 23.0 Å². The van der Waals surface area contributed by atoms with Gasteiger partial charge in [-0.1, -0.05) is 12.1 Å². The maximum atomic E-state index is 12.4. The largest absolute Gasteiger partial charge is 0.760 e. The van der Waals surface area contributed by atoms with Gasteiger partial charge < -0.3 is 24.2 Å². The summed E-state index contributed by atoms with van der Waals surface area (Å²) in [5.74, 6) is 1.98. The first-order valence-electron chi connectivity index (χ1n) is 10.2. The summed E-state index contributed by atoms with van der Waals surface area (Å²) in [7, 11) is 1.99. The lowest BCUT2D eigenvalue weighted by molar-refractivity contribution is -0.124. The van der Waals surface area contributed by atoms with Crippen molar-refractivity contribution in [2.75, 3.05) is 31.6 Å². The molecule has 0 saturated carbocycles. The predicted molar refractivity (Wildman–Crippen MR) is 114 cm³/mol. The van der Waals surface area contributed by atoms with E-state index in [1.54, 1.807) is 6.20 Å². The van der Waals surface area contributed by atoms with Gasteiger partial charge in [0, 0.05) is 43.2 Å². The van der Waals surface area contributed by atoms with E-state index in [9.17, 15) is 13.6 Å². The number of carbonyl (C=O) groups is 1. The molecule has 166 valence electrons. The highest BCUT2D eigenvalue weighted by Crippen LogP contribution is 2.29. The van der Waals surface area contributed by atoms with Crippen molar-refractivity contribution < 1.29 is 23.0 Å². The smallest absolute Gasteiger partial charge is 0.238 e. The molecule has 2 aromatic rings. The van der Waals surface area contributed by atoms with Crippen molar-refractivity contribution in [3.63, 3.8) is 0 Å². The van der Waals surface area contributed by atoms with Gasteiger partial charge >= 0.3 is 0 Å². The molecule has 1 aromatic heterocycles. The number of hydrogen-bond donors (Lipinski definition) is 1. The zero-order chi connectivity index (χ0) is 21.8. The highest BCUT2D eigenvalue weighted by molar-refractivity contribution is 7.76. The summed E-state index contributed by atoms with van der Waals surface area (Å²) in [6.07, 6.45) is 3.01. The molecule has 1 saturated heterocycles. The van der Waals surface area contributed by atoms with Crippen LogP contribution in [0.15, 0.2) is 36.5 Å². The van der Waals surface area contributed by atoms with Gasteiger partial charge in [0.25, 0.3) is 0 Å². The number of benzene rings is 1. The predicted octanol–water partition coefficient (Wildman–Crippen LogP) is 1.36. The summed E-state index contributed by atoms with van der Waals surface area (Å²) in [4.78, 5) is 18.9. The third kappa shape index (κ3) is 5.15. The third-order valence-electron chi connectivity index (χ3n) is 5.40. The van der Waals surface area contributed by atoms with Crippen LogP contribution in [0.5, 0.6) is 11.5 Å². The highest BCUT2D eigenvalue weighted by atomic mass is 32.2. The van der Waals surface area contributed by atoms with Crippen LogP contribution in [0, 0.1) is 0 Å². The molecule has 3 heterocycles. The number of nitrogens with zero attached hydrogens (tertiary/aromatic N) is 3. The van der Waals surface area contributed by atoms with Crippen LogP contribution in [0.25, 0.3) is 0 Å². The van der Waals surface area contributed by atoms with Crippen molar-refractivity contribution in [2.24, 2.45) is 0 Å². The molecule has 1 fully saturated rings. The van der Waals surface area contributed by atoms with Gasteiger partial charge in [0.2, 0.25) is 5.91 Å². The average Bonchev–Trinajstić information content (AvgIpc) is 3.27. The Hall–Kier alpha value is -2.69. The Morgan fingerprint density at radius 1 is 1.35 bits per heavy atom. The van der Waals surface area contributed by atoms with E-state index in [-0.39, 0.29) is 5.91 Å². The zero-order valence-electron chi connectivity index (χ0n) is 17.3. The highest BCUT2D eigenvalue weighted by Gasteiger charge is 2.31. The Morgan fingerprint density at radius 3 is 3.06 bits per heavy atom. The topological polar surface area (TPSA) is 107 Å². The number of anilines is 1. The summed E-state index contributed by atoms with van der Waals surface area (Å²) in [5.41, 5.74) is 1.77. The van der Waals surface area contributed by atoms with Crippen LogP contribution < -0.4 is 19.7 Å². The molecule has 2 aliphatic rings. The van der Waals surface area contributed by atoms with E-state index in [0.717, 1.165) is 29.2 Å². The van der Waals surface area contributed by atoms with Crippen LogP contribution in [0.3, 0.4) is 0 Å². The number of ether oxygens (including phenoxy) is 2. The van der Waals surface area contributed by atoms with Gasteiger partial charge in [-0.3, -0.25) is 9.00 Å². The first-order valence-corrected chi connectivity index (χ1v) is 11.2. The molecule has 0 aliphatic carbocycles. The first kappa shape index (κ1) is 21.5. The summed E-state index contributed by atoms with van der Waals surface area (Å²) in [6, 6.07) is 8.75. The maximum Gasteiger partial charge on any atom is 0.238 e. The van der Waals surface area contributed by atoms with Gasteiger partial charge in [0.15, 0.2) is 11.6 Å². The van der Waals surface area contributed by atoms with Crippen LogP contribution in [0.2, 0.25) is 0 Å². The van der Waals surface area contributed by atoms with E-state index in [1.165, 1.54) is 4.31 Å². The lowest BCUT2D eigenvalue weighted by Crippen LogP contribution is -2.43. The third-order valence-corrected chi connectivity index (χ3v) is 6.22. The molecule has 2 aliphatic heterocycles. The first-order chi connectivity index (χ1) is 15.0. The molecule has 10 heteroatoms. The van der Waals surface area contributed by atoms with Crippen molar-refractivity contribution in [3.8, 4) is 11.5 Å². The summed E-state index contributed by atoms with van der Waals surface area (Å²) >= 11 is -2.38. The number of fused-ring (bicyclic) bond motifs is 1. The summed E-state index contributed by atoms with van der Waals surface area (Å²) < 4.78 is 35.2. The fraction of sp³-hybridized carbons (Fsp3) is 0.429. The molecule has 1 amide bonds. The minimum atomic E-state index is -2.38. The molecule has 31 heavy (non-hydrogen) atoms. The molecule has 1 aromatic carbocycles.